The lowest BCUT2D eigenvalue weighted by molar-refractivity contribution is 0.0601. The fraction of sp³-hybridized carbons (Fsp3) is 0.0667. The fourth-order valence-electron chi connectivity index (χ4n) is 2.08. The molecule has 0 amide bonds. The molecule has 21 heavy (non-hydrogen) atoms. The molecule has 1 aromatic carbocycles. The number of carbonyl (C=O) groups excluding carboxylic acids is 1. The van der Waals surface area contributed by atoms with Crippen LogP contribution in [0, 0.1) is 11.3 Å². The maximum Gasteiger partial charge on any atom is 0.338 e. The van der Waals surface area contributed by atoms with Gasteiger partial charge in [-0.05, 0) is 24.3 Å². The molecule has 0 aliphatic rings. The second-order valence-electron chi connectivity index (χ2n) is 4.34. The lowest BCUT2D eigenvalue weighted by Gasteiger charge is -2.07. The molecular weight excluding hydrogens is 268 g/mol. The highest BCUT2D eigenvalue weighted by atomic mass is 16.5. The summed E-state index contributed by atoms with van der Waals surface area (Å²) < 4.78 is 6.38. The number of methoxy groups -OCH3 is 1. The van der Waals surface area contributed by atoms with Gasteiger partial charge in [0, 0.05) is 5.56 Å². The van der Waals surface area contributed by atoms with Gasteiger partial charge in [-0.3, -0.25) is 0 Å². The first-order valence-corrected chi connectivity index (χ1v) is 6.15. The third-order valence-electron chi connectivity index (χ3n) is 3.11. The molecule has 0 atom stereocenters. The molecule has 2 heterocycles. The molecule has 6 nitrogen and oxygen atoms in total. The minimum atomic E-state index is -0.435. The van der Waals surface area contributed by atoms with E-state index in [1.807, 2.05) is 0 Å². The van der Waals surface area contributed by atoms with Crippen molar-refractivity contribution in [2.75, 3.05) is 7.11 Å². The van der Waals surface area contributed by atoms with E-state index in [2.05, 4.69) is 16.2 Å². The number of aromatic nitrogens is 3. The standard InChI is InChI=1S/C15H10N4O2/c1-21-15(20)12-6-13(19-14(7-12)17-9-18-19)11-4-2-10(8-16)3-5-11/h2-7,9H,1H3. The Morgan fingerprint density at radius 2 is 2.05 bits per heavy atom. The Morgan fingerprint density at radius 3 is 2.71 bits per heavy atom. The number of pyridine rings is 1. The zero-order chi connectivity index (χ0) is 14.8. The number of carbonyl (C=O) groups is 1. The molecule has 0 bridgehead atoms. The topological polar surface area (TPSA) is 80.3 Å². The Balaban J connectivity index is 2.22. The number of esters is 1. The van der Waals surface area contributed by atoms with E-state index in [4.69, 9.17) is 10.00 Å². The van der Waals surface area contributed by atoms with Crippen molar-refractivity contribution < 1.29 is 9.53 Å². The van der Waals surface area contributed by atoms with Crippen LogP contribution in [-0.4, -0.2) is 27.7 Å². The predicted octanol–water partition coefficient (Wildman–Crippen LogP) is 2.05. The third-order valence-corrected chi connectivity index (χ3v) is 3.11. The molecule has 102 valence electrons. The van der Waals surface area contributed by atoms with Crippen molar-refractivity contribution >= 4 is 11.6 Å². The Hall–Kier alpha value is -3.20. The highest BCUT2D eigenvalue weighted by molar-refractivity contribution is 5.92. The van der Waals surface area contributed by atoms with Crippen molar-refractivity contribution in [1.29, 1.82) is 5.26 Å². The summed E-state index contributed by atoms with van der Waals surface area (Å²) in [5, 5.41) is 13.0. The number of hydrogen-bond donors (Lipinski definition) is 0. The van der Waals surface area contributed by atoms with Gasteiger partial charge in [-0.25, -0.2) is 14.3 Å². The second kappa shape index (κ2) is 5.06. The van der Waals surface area contributed by atoms with Crippen molar-refractivity contribution in [1.82, 2.24) is 14.6 Å². The minimum Gasteiger partial charge on any atom is -0.465 e. The zero-order valence-electron chi connectivity index (χ0n) is 11.1. The number of ether oxygens (including phenoxy) is 1. The summed E-state index contributed by atoms with van der Waals surface area (Å²) in [4.78, 5) is 15.8. The molecule has 0 aliphatic carbocycles. The van der Waals surface area contributed by atoms with Gasteiger partial charge in [0.1, 0.15) is 6.33 Å². The largest absolute Gasteiger partial charge is 0.465 e. The van der Waals surface area contributed by atoms with Crippen LogP contribution in [0.5, 0.6) is 0 Å². The molecule has 0 saturated heterocycles. The summed E-state index contributed by atoms with van der Waals surface area (Å²) in [5.41, 5.74) is 3.05. The van der Waals surface area contributed by atoms with E-state index in [0.717, 1.165) is 5.56 Å². The summed E-state index contributed by atoms with van der Waals surface area (Å²) in [6, 6.07) is 12.4. The van der Waals surface area contributed by atoms with Gasteiger partial charge >= 0.3 is 5.97 Å². The number of hydrogen-bond acceptors (Lipinski definition) is 5. The number of fused-ring (bicyclic) bond motifs is 1. The molecule has 0 saturated carbocycles. The molecule has 0 unspecified atom stereocenters. The van der Waals surface area contributed by atoms with Crippen LogP contribution < -0.4 is 0 Å². The first-order chi connectivity index (χ1) is 10.2. The van der Waals surface area contributed by atoms with E-state index in [9.17, 15) is 4.79 Å². The summed E-state index contributed by atoms with van der Waals surface area (Å²) in [7, 11) is 1.33. The van der Waals surface area contributed by atoms with E-state index in [0.29, 0.717) is 22.5 Å². The maximum absolute atomic E-state index is 11.7. The molecule has 0 fully saturated rings. The SMILES string of the molecule is COC(=O)c1cc(-c2ccc(C#N)cc2)n2ncnc2c1. The lowest BCUT2D eigenvalue weighted by atomic mass is 10.1. The van der Waals surface area contributed by atoms with Gasteiger partial charge < -0.3 is 4.74 Å². The molecule has 0 N–H and O–H groups in total. The quantitative estimate of drug-likeness (QED) is 0.670. The summed E-state index contributed by atoms with van der Waals surface area (Å²) in [6.45, 7) is 0. The second-order valence-corrected chi connectivity index (χ2v) is 4.34. The average Bonchev–Trinajstić information content (AvgIpc) is 3.01. The Kier molecular flexibility index (Phi) is 3.09. The van der Waals surface area contributed by atoms with E-state index in [1.54, 1.807) is 40.9 Å². The predicted molar refractivity (Wildman–Crippen MR) is 74.5 cm³/mol. The number of nitrogens with zero attached hydrogens (tertiary/aromatic N) is 4. The maximum atomic E-state index is 11.7. The van der Waals surface area contributed by atoms with Gasteiger partial charge in [-0.15, -0.1) is 0 Å². The van der Waals surface area contributed by atoms with Gasteiger partial charge in [-0.1, -0.05) is 12.1 Å². The fourth-order valence-corrected chi connectivity index (χ4v) is 2.08. The lowest BCUT2D eigenvalue weighted by Crippen LogP contribution is -2.04. The number of benzene rings is 1. The minimum absolute atomic E-state index is 0.400. The Labute approximate surface area is 120 Å². The summed E-state index contributed by atoms with van der Waals surface area (Å²) in [6.07, 6.45) is 1.42. The van der Waals surface area contributed by atoms with Gasteiger partial charge in [0.05, 0.1) is 30.0 Å². The van der Waals surface area contributed by atoms with Crippen molar-refractivity contribution in [2.45, 2.75) is 0 Å². The zero-order valence-corrected chi connectivity index (χ0v) is 11.1. The average molecular weight is 278 g/mol. The van der Waals surface area contributed by atoms with Crippen LogP contribution in [0.2, 0.25) is 0 Å². The first-order valence-electron chi connectivity index (χ1n) is 6.15. The van der Waals surface area contributed by atoms with E-state index in [-0.39, 0.29) is 0 Å². The van der Waals surface area contributed by atoms with Crippen molar-refractivity contribution in [3.63, 3.8) is 0 Å². The normalized spacial score (nSPS) is 10.3. The van der Waals surface area contributed by atoms with Crippen LogP contribution in [0.15, 0.2) is 42.7 Å². The van der Waals surface area contributed by atoms with Gasteiger partial charge in [0.25, 0.3) is 0 Å². The van der Waals surface area contributed by atoms with Gasteiger partial charge in [0.15, 0.2) is 5.65 Å². The highest BCUT2D eigenvalue weighted by Gasteiger charge is 2.13. The molecule has 0 aliphatic heterocycles. The van der Waals surface area contributed by atoms with Crippen LogP contribution >= 0.6 is 0 Å². The van der Waals surface area contributed by atoms with Crippen LogP contribution in [0.4, 0.5) is 0 Å². The van der Waals surface area contributed by atoms with Crippen LogP contribution in [0.1, 0.15) is 15.9 Å². The smallest absolute Gasteiger partial charge is 0.338 e. The van der Waals surface area contributed by atoms with Crippen LogP contribution in [-0.2, 0) is 4.74 Å². The van der Waals surface area contributed by atoms with Gasteiger partial charge in [-0.2, -0.15) is 10.4 Å². The Morgan fingerprint density at radius 1 is 1.29 bits per heavy atom. The van der Waals surface area contributed by atoms with Crippen molar-refractivity contribution in [2.24, 2.45) is 0 Å². The molecule has 2 aromatic heterocycles. The van der Waals surface area contributed by atoms with E-state index >= 15 is 0 Å². The molecule has 3 rings (SSSR count). The monoisotopic (exact) mass is 278 g/mol. The van der Waals surface area contributed by atoms with Crippen LogP contribution in [0.3, 0.4) is 0 Å². The molecule has 0 spiro atoms. The van der Waals surface area contributed by atoms with Crippen molar-refractivity contribution in [3.8, 4) is 17.3 Å². The van der Waals surface area contributed by atoms with E-state index < -0.39 is 5.97 Å². The number of rotatable bonds is 2. The van der Waals surface area contributed by atoms with Crippen LogP contribution in [0.25, 0.3) is 16.9 Å². The highest BCUT2D eigenvalue weighted by Crippen LogP contribution is 2.22. The molecule has 6 heteroatoms. The van der Waals surface area contributed by atoms with E-state index in [1.165, 1.54) is 13.4 Å². The summed E-state index contributed by atoms with van der Waals surface area (Å²) >= 11 is 0. The summed E-state index contributed by atoms with van der Waals surface area (Å²) in [5.74, 6) is -0.435. The first kappa shape index (κ1) is 12.8. The number of nitriles is 1. The molecule has 3 aromatic rings. The van der Waals surface area contributed by atoms with Gasteiger partial charge in [0.2, 0.25) is 0 Å². The molecule has 0 radical (unpaired) electrons. The molecular formula is C15H10N4O2. The third kappa shape index (κ3) is 2.21. The Bertz CT molecular complexity index is 860. The van der Waals surface area contributed by atoms with Crippen molar-refractivity contribution in [3.05, 3.63) is 53.9 Å².